The summed E-state index contributed by atoms with van der Waals surface area (Å²) in [6.45, 7) is 18.8. The van der Waals surface area contributed by atoms with Crippen molar-refractivity contribution in [2.75, 3.05) is 14.7 Å². The minimum absolute atomic E-state index is 0.224. The van der Waals surface area contributed by atoms with Crippen LogP contribution >= 0.6 is 0 Å². The van der Waals surface area contributed by atoms with Crippen LogP contribution in [0.15, 0.2) is 61.2 Å². The minimum Gasteiger partial charge on any atom is -0.507 e. The molecule has 1 N–H and O–H groups in total. The first-order valence-corrected chi connectivity index (χ1v) is 36.2. The van der Waals surface area contributed by atoms with Crippen LogP contribution in [0.4, 0.5) is 17.1 Å². The number of aromatic nitrogens is 4. The summed E-state index contributed by atoms with van der Waals surface area (Å²) in [5.41, 5.74) is 11.4. The molecule has 3 amide bonds. The summed E-state index contributed by atoms with van der Waals surface area (Å²) >= 11 is 0. The Bertz CT molecular complexity index is 3450. The molecule has 2 aromatic heterocycles. The molecule has 3 aromatic carbocycles. The van der Waals surface area contributed by atoms with Crippen molar-refractivity contribution >= 4 is 47.4 Å². The number of carbonyl (C=O) groups excluding carboxylic acids is 3. The molecule has 0 unspecified atom stereocenters. The number of amides is 3. The Labute approximate surface area is 548 Å². The van der Waals surface area contributed by atoms with Gasteiger partial charge in [0.2, 0.25) is 17.7 Å². The average Bonchev–Trinajstić information content (AvgIpc) is 0.940. The number of anilines is 3. The van der Waals surface area contributed by atoms with Gasteiger partial charge >= 0.3 is 7.12 Å². The zero-order chi connectivity index (χ0) is 64.2. The monoisotopic (exact) mass is 1250 g/mol. The van der Waals surface area contributed by atoms with Crippen LogP contribution in [0.5, 0.6) is 17.2 Å². The Kier molecular flexibility index (Phi) is 18.9. The van der Waals surface area contributed by atoms with Gasteiger partial charge in [0, 0.05) is 87.7 Å². The second-order valence-electron chi connectivity index (χ2n) is 30.5. The third-order valence-corrected chi connectivity index (χ3v) is 22.8. The molecule has 6 heterocycles. The summed E-state index contributed by atoms with van der Waals surface area (Å²) in [5.74, 6) is 4.04. The summed E-state index contributed by atoms with van der Waals surface area (Å²) in [6, 6.07) is 14.4. The lowest BCUT2D eigenvalue weighted by atomic mass is 9.82. The largest absolute Gasteiger partial charge is 0.507 e. The fourth-order valence-electron chi connectivity index (χ4n) is 15.1. The van der Waals surface area contributed by atoms with Crippen molar-refractivity contribution < 1.29 is 38.3 Å². The quantitative estimate of drug-likeness (QED) is 0.126. The zero-order valence-corrected chi connectivity index (χ0v) is 56.9. The first-order valence-electron chi connectivity index (χ1n) is 36.2. The van der Waals surface area contributed by atoms with Gasteiger partial charge < -0.3 is 38.6 Å². The lowest BCUT2D eigenvalue weighted by Crippen LogP contribution is -2.43. The van der Waals surface area contributed by atoms with Crippen molar-refractivity contribution in [2.24, 2.45) is 17.8 Å². The van der Waals surface area contributed by atoms with Crippen molar-refractivity contribution in [3.8, 4) is 28.4 Å². The average molecular weight is 1250 g/mol. The number of fused-ring (bicyclic) bond motifs is 3. The van der Waals surface area contributed by atoms with Gasteiger partial charge in [-0.1, -0.05) is 50.7 Å². The summed E-state index contributed by atoms with van der Waals surface area (Å²) in [5, 5.41) is 19.4. The van der Waals surface area contributed by atoms with E-state index in [1.54, 1.807) is 0 Å². The molecular weight excluding hydrogens is 1150 g/mol. The third-order valence-electron chi connectivity index (χ3n) is 22.8. The maximum atomic E-state index is 13.1. The molecule has 16 rings (SSSR count). The molecule has 7 aliphatic carbocycles. The molecule has 494 valence electrons. The highest BCUT2D eigenvalue weighted by atomic mass is 16.7. The van der Waals surface area contributed by atoms with E-state index < -0.39 is 0 Å². The molecule has 15 nitrogen and oxygen atoms in total. The predicted molar refractivity (Wildman–Crippen MR) is 364 cm³/mol. The van der Waals surface area contributed by atoms with Crippen molar-refractivity contribution in [1.29, 1.82) is 0 Å². The Morgan fingerprint density at radius 3 is 1.37 bits per heavy atom. The minimum atomic E-state index is -0.294. The Morgan fingerprint density at radius 2 is 0.902 bits per heavy atom. The van der Waals surface area contributed by atoms with Crippen LogP contribution in [0.25, 0.3) is 11.1 Å². The number of rotatable bonds is 11. The molecule has 1 saturated heterocycles. The molecule has 92 heavy (non-hydrogen) atoms. The third kappa shape index (κ3) is 13.6. The highest BCUT2D eigenvalue weighted by Crippen LogP contribution is 2.49. The van der Waals surface area contributed by atoms with Crippen molar-refractivity contribution in [1.82, 2.24) is 19.6 Å². The normalized spacial score (nSPS) is 24.4. The summed E-state index contributed by atoms with van der Waals surface area (Å²) in [4.78, 5) is 44.3. The number of aromatic hydroxyl groups is 1. The Balaban J connectivity index is 0.000000115. The van der Waals surface area contributed by atoms with Gasteiger partial charge in [-0.05, 0) is 239 Å². The fraction of sp³-hybridized carbons (Fsp3) is 0.645. The van der Waals surface area contributed by atoms with E-state index >= 15 is 0 Å². The van der Waals surface area contributed by atoms with E-state index in [-0.39, 0.29) is 54.1 Å². The van der Waals surface area contributed by atoms with Gasteiger partial charge in [-0.2, -0.15) is 10.2 Å². The summed E-state index contributed by atoms with van der Waals surface area (Å²) in [7, 11) is -0.294. The van der Waals surface area contributed by atoms with E-state index in [2.05, 4.69) is 116 Å². The summed E-state index contributed by atoms with van der Waals surface area (Å²) < 4.78 is 29.4. The number of phenolic OH excluding ortho intramolecular Hbond substituents is 1. The summed E-state index contributed by atoms with van der Waals surface area (Å²) in [6.07, 6.45) is 41.0. The van der Waals surface area contributed by atoms with Crippen LogP contribution in [0.2, 0.25) is 0 Å². The van der Waals surface area contributed by atoms with Crippen LogP contribution in [0, 0.1) is 31.6 Å². The Hall–Kier alpha value is -6.13. The van der Waals surface area contributed by atoms with Crippen LogP contribution < -0.4 is 29.6 Å². The molecule has 0 bridgehead atoms. The topological polar surface area (TPSA) is 154 Å². The number of nitrogens with zero attached hydrogens (tertiary/aromatic N) is 7. The van der Waals surface area contributed by atoms with Gasteiger partial charge in [0.05, 0.1) is 58.8 Å². The van der Waals surface area contributed by atoms with E-state index in [9.17, 15) is 19.5 Å². The number of hydrogen-bond donors (Lipinski definition) is 1. The number of ether oxygens (including phenoxy) is 2. The second kappa shape index (κ2) is 26.9. The molecular formula is C76H104BN7O8. The van der Waals surface area contributed by atoms with Gasteiger partial charge in [0.25, 0.3) is 0 Å². The fourth-order valence-corrected chi connectivity index (χ4v) is 15.1. The lowest BCUT2D eigenvalue weighted by Gasteiger charge is -2.38. The van der Waals surface area contributed by atoms with E-state index in [0.717, 1.165) is 146 Å². The number of carbonyl (C=O) groups is 3. The second-order valence-corrected chi connectivity index (χ2v) is 30.5. The molecule has 7 saturated carbocycles. The Morgan fingerprint density at radius 1 is 0.489 bits per heavy atom. The van der Waals surface area contributed by atoms with Crippen LogP contribution in [0.1, 0.15) is 249 Å². The molecule has 0 radical (unpaired) electrons. The predicted octanol–water partition coefficient (Wildman–Crippen LogP) is 15.5. The van der Waals surface area contributed by atoms with Gasteiger partial charge in [0.1, 0.15) is 17.2 Å². The molecule has 11 aliphatic rings. The SMILES string of the molecule is CC1(C)OB(c2cnn(C3CCCCC3)c2)OC1(C)C.C[C@H]1CCc2c(ccc(-c3cnn(C4CCCCC4)c3)c2OC2CCC2)N1C(=O)C1CC1.Cc1ccc2c(c1O)CC[C@H](C)N2C(=O)C1CC1.Cc1ccc2c(c1OC1CCC1)CC[C@H](C)N2C(=O)C1CC1. The van der Waals surface area contributed by atoms with Gasteiger partial charge in [0.15, 0.2) is 0 Å². The molecule has 0 spiro atoms. The molecule has 16 heteroatoms. The maximum absolute atomic E-state index is 13.1. The number of phenols is 1. The van der Waals surface area contributed by atoms with E-state index in [1.165, 1.54) is 107 Å². The highest BCUT2D eigenvalue weighted by Gasteiger charge is 2.52. The van der Waals surface area contributed by atoms with E-state index in [4.69, 9.17) is 23.9 Å². The first kappa shape index (κ1) is 64.6. The van der Waals surface area contributed by atoms with Gasteiger partial charge in [-0.3, -0.25) is 23.7 Å². The zero-order valence-electron chi connectivity index (χ0n) is 56.9. The van der Waals surface area contributed by atoms with Crippen molar-refractivity contribution in [2.45, 2.75) is 296 Å². The molecule has 3 atom stereocenters. The standard InChI is InChI=1S/C27H35N3O2.C19H25NO2.C15H25BN2O2.C15H19NO2/c1-18-10-13-24-25(30(18)27(31)19-11-12-19)15-14-23(26(24)32-22-8-5-9-22)20-16-28-29(17-20)21-6-3-2-4-7-21;1-12-6-11-17-16(18(12)22-15-4-3-5-15)10-7-13(2)20(17)19(21)14-8-9-14;1-14(2)15(3,4)20-16(19-14)12-10-17-18(11-12)13-8-6-5-7-9-13;1-9-3-8-13-12(14(9)17)7-4-10(2)16(13)15(18)11-5-6-11/h14-19,21-22H,2-13H2,1H3;6,11,13-15H,3-5,7-10H2,1-2H3;10-11,13H,5-9H2,1-4H3;3,8,10-11,17H,4-7H2,1-2H3/t18-;13-;;10-/m00.0/s1. The lowest BCUT2D eigenvalue weighted by molar-refractivity contribution is -0.121. The highest BCUT2D eigenvalue weighted by molar-refractivity contribution is 6.62. The number of benzene rings is 3. The van der Waals surface area contributed by atoms with E-state index in [1.807, 2.05) is 36.4 Å². The molecule has 4 aliphatic heterocycles. The van der Waals surface area contributed by atoms with Crippen LogP contribution in [0.3, 0.4) is 0 Å². The van der Waals surface area contributed by atoms with Crippen molar-refractivity contribution in [3.05, 3.63) is 89.0 Å². The van der Waals surface area contributed by atoms with Crippen LogP contribution in [-0.4, -0.2) is 91.0 Å². The molecule has 5 aromatic rings. The van der Waals surface area contributed by atoms with Gasteiger partial charge in [-0.25, -0.2) is 0 Å². The van der Waals surface area contributed by atoms with Crippen LogP contribution in [-0.2, 0) is 43.0 Å². The first-order chi connectivity index (χ1) is 44.3. The van der Waals surface area contributed by atoms with Gasteiger partial charge in [-0.15, -0.1) is 0 Å². The van der Waals surface area contributed by atoms with E-state index in [0.29, 0.717) is 47.9 Å². The number of aryl methyl sites for hydroxylation is 2. The van der Waals surface area contributed by atoms with Crippen molar-refractivity contribution in [3.63, 3.8) is 0 Å². The smallest absolute Gasteiger partial charge is 0.498 e. The molecule has 8 fully saturated rings. The maximum Gasteiger partial charge on any atom is 0.498 e. The number of hydrogen-bond acceptors (Lipinski definition) is 10.